The van der Waals surface area contributed by atoms with E-state index in [0.29, 0.717) is 12.8 Å². The van der Waals surface area contributed by atoms with Crippen LogP contribution in [0.2, 0.25) is 0 Å². The Bertz CT molecular complexity index is 991. The number of methoxy groups -OCH3 is 1. The van der Waals surface area contributed by atoms with Crippen LogP contribution in [-0.4, -0.2) is 61.3 Å². The molecule has 0 bridgehead atoms. The zero-order valence-electron chi connectivity index (χ0n) is 19.4. The number of carbonyl (C=O) groups is 3. The smallest absolute Gasteiger partial charge is 0.408 e. The van der Waals surface area contributed by atoms with Gasteiger partial charge < -0.3 is 30.0 Å². The Balaban J connectivity index is 0.000000192. The molecule has 2 aromatic carbocycles. The number of amides is 2. The maximum Gasteiger partial charge on any atom is 0.408 e. The summed E-state index contributed by atoms with van der Waals surface area (Å²) < 4.78 is 14.4. The van der Waals surface area contributed by atoms with Gasteiger partial charge in [-0.3, -0.25) is 0 Å². The lowest BCUT2D eigenvalue weighted by molar-refractivity contribution is -0.149. The standard InChI is InChI=1S/C13H15NO4.C12H15NO3/c1-8-3-5-9(6-4-8)7-10-11(12(15)17-2)18-13(16)14-10;1-8-2-4-9(5-3-8)6-10-11(7-14)16-12(15)13-10/h3-6,10-11H,7H2,1-2H3,(H,14,16);2-5,10-11,14H,6-7H2,1H3,(H,13,15)/t10-,11-;10-,11+/m00/s1. The molecule has 2 amide bonds. The molecule has 0 spiro atoms. The molecule has 2 aromatic rings. The number of hydrogen-bond acceptors (Lipinski definition) is 7. The van der Waals surface area contributed by atoms with Crippen LogP contribution < -0.4 is 10.6 Å². The SMILES string of the molecule is COC(=O)[C@H]1OC(=O)N[C@H]1Cc1ccc(C)cc1.Cc1ccc(C[C@@H]2NC(=O)O[C@@H]2CO)cc1. The minimum absolute atomic E-state index is 0.139. The quantitative estimate of drug-likeness (QED) is 0.437. The van der Waals surface area contributed by atoms with Crippen LogP contribution in [0.1, 0.15) is 22.3 Å². The predicted octanol–water partition coefficient (Wildman–Crippen LogP) is 2.19. The van der Waals surface area contributed by atoms with E-state index >= 15 is 0 Å². The molecule has 3 N–H and O–H groups in total. The van der Waals surface area contributed by atoms with Gasteiger partial charge in [0.2, 0.25) is 6.10 Å². The molecule has 34 heavy (non-hydrogen) atoms. The number of cyclic esters (lactones) is 2. The molecule has 0 saturated carbocycles. The monoisotopic (exact) mass is 470 g/mol. The molecule has 0 unspecified atom stereocenters. The van der Waals surface area contributed by atoms with E-state index in [2.05, 4.69) is 15.4 Å². The van der Waals surface area contributed by atoms with E-state index in [1.54, 1.807) is 0 Å². The fourth-order valence-electron chi connectivity index (χ4n) is 3.75. The first-order chi connectivity index (χ1) is 16.3. The summed E-state index contributed by atoms with van der Waals surface area (Å²) in [5.41, 5.74) is 4.52. The molecule has 0 aliphatic carbocycles. The molecule has 0 radical (unpaired) electrons. The van der Waals surface area contributed by atoms with Crippen LogP contribution in [0, 0.1) is 13.8 Å². The molecular weight excluding hydrogens is 440 g/mol. The van der Waals surface area contributed by atoms with Crippen LogP contribution in [0.25, 0.3) is 0 Å². The fourth-order valence-corrected chi connectivity index (χ4v) is 3.75. The summed E-state index contributed by atoms with van der Waals surface area (Å²) >= 11 is 0. The van der Waals surface area contributed by atoms with Crippen LogP contribution in [-0.2, 0) is 31.8 Å². The lowest BCUT2D eigenvalue weighted by atomic mass is 10.0. The largest absolute Gasteiger partial charge is 0.466 e. The van der Waals surface area contributed by atoms with Crippen LogP contribution >= 0.6 is 0 Å². The zero-order chi connectivity index (χ0) is 24.7. The number of nitrogens with one attached hydrogen (secondary N) is 2. The minimum atomic E-state index is -0.871. The molecule has 4 rings (SSSR count). The summed E-state index contributed by atoms with van der Waals surface area (Å²) in [5.74, 6) is -0.537. The maximum atomic E-state index is 11.5. The molecule has 2 aliphatic heterocycles. The van der Waals surface area contributed by atoms with E-state index in [1.165, 1.54) is 12.7 Å². The third-order valence-corrected chi connectivity index (χ3v) is 5.68. The molecule has 2 fully saturated rings. The summed E-state index contributed by atoms with van der Waals surface area (Å²) in [6.45, 7) is 3.89. The van der Waals surface area contributed by atoms with Gasteiger partial charge in [-0.15, -0.1) is 0 Å². The Morgan fingerprint density at radius 2 is 1.32 bits per heavy atom. The summed E-state index contributed by atoms with van der Waals surface area (Å²) in [4.78, 5) is 33.7. The lowest BCUT2D eigenvalue weighted by Crippen LogP contribution is -2.38. The molecule has 9 nitrogen and oxygen atoms in total. The molecule has 9 heteroatoms. The number of benzene rings is 2. The van der Waals surface area contributed by atoms with Gasteiger partial charge in [-0.05, 0) is 37.8 Å². The Morgan fingerprint density at radius 3 is 1.82 bits per heavy atom. The average Bonchev–Trinajstić information content (AvgIpc) is 3.37. The number of aryl methyl sites for hydroxylation is 2. The Kier molecular flexibility index (Phi) is 8.48. The topological polar surface area (TPSA) is 123 Å². The molecule has 2 aliphatic rings. The molecule has 182 valence electrons. The highest BCUT2D eigenvalue weighted by Crippen LogP contribution is 2.16. The number of aliphatic hydroxyl groups is 1. The van der Waals surface area contributed by atoms with Gasteiger partial charge in [-0.25, -0.2) is 14.4 Å². The predicted molar refractivity (Wildman–Crippen MR) is 123 cm³/mol. The summed E-state index contributed by atoms with van der Waals surface area (Å²) in [6, 6.07) is 15.5. The van der Waals surface area contributed by atoms with E-state index in [-0.39, 0.29) is 18.7 Å². The van der Waals surface area contributed by atoms with Crippen molar-refractivity contribution in [3.63, 3.8) is 0 Å². The summed E-state index contributed by atoms with van der Waals surface area (Å²) in [7, 11) is 1.28. The minimum Gasteiger partial charge on any atom is -0.466 e. The number of aliphatic hydroxyl groups excluding tert-OH is 1. The second-order valence-corrected chi connectivity index (χ2v) is 8.36. The number of ether oxygens (including phenoxy) is 3. The average molecular weight is 471 g/mol. The van der Waals surface area contributed by atoms with Crippen molar-refractivity contribution in [2.24, 2.45) is 0 Å². The van der Waals surface area contributed by atoms with Gasteiger partial charge in [-0.2, -0.15) is 0 Å². The number of alkyl carbamates (subject to hydrolysis) is 2. The third-order valence-electron chi connectivity index (χ3n) is 5.68. The fraction of sp³-hybridized carbons (Fsp3) is 0.400. The Labute approximate surface area is 198 Å². The van der Waals surface area contributed by atoms with Gasteiger partial charge >= 0.3 is 18.2 Å². The van der Waals surface area contributed by atoms with Gasteiger partial charge in [0.15, 0.2) is 0 Å². The van der Waals surface area contributed by atoms with Crippen molar-refractivity contribution in [1.29, 1.82) is 0 Å². The van der Waals surface area contributed by atoms with Crippen molar-refractivity contribution in [3.05, 3.63) is 70.8 Å². The number of rotatable bonds is 6. The first kappa shape index (κ1) is 25.0. The van der Waals surface area contributed by atoms with Gasteiger partial charge in [0.25, 0.3) is 0 Å². The van der Waals surface area contributed by atoms with Gasteiger partial charge in [0, 0.05) is 0 Å². The van der Waals surface area contributed by atoms with Crippen molar-refractivity contribution in [2.75, 3.05) is 13.7 Å². The first-order valence-corrected chi connectivity index (χ1v) is 11.0. The molecule has 0 aromatic heterocycles. The second-order valence-electron chi connectivity index (χ2n) is 8.36. The zero-order valence-corrected chi connectivity index (χ0v) is 19.4. The number of hydrogen-bond donors (Lipinski definition) is 3. The summed E-state index contributed by atoms with van der Waals surface area (Å²) in [5, 5.41) is 14.4. The normalized spacial score (nSPS) is 23.1. The van der Waals surface area contributed by atoms with Gasteiger partial charge in [0.05, 0.1) is 25.8 Å². The molecule has 4 atom stereocenters. The first-order valence-electron chi connectivity index (χ1n) is 11.0. The third kappa shape index (κ3) is 6.71. The van der Waals surface area contributed by atoms with Crippen LogP contribution in [0.4, 0.5) is 9.59 Å². The van der Waals surface area contributed by atoms with Crippen molar-refractivity contribution in [2.45, 2.75) is 51.0 Å². The highest BCUT2D eigenvalue weighted by atomic mass is 16.6. The molecule has 2 saturated heterocycles. The van der Waals surface area contributed by atoms with E-state index in [9.17, 15) is 14.4 Å². The van der Waals surface area contributed by atoms with Gasteiger partial charge in [-0.1, -0.05) is 59.7 Å². The summed E-state index contributed by atoms with van der Waals surface area (Å²) in [6.07, 6.45) is -1.13. The van der Waals surface area contributed by atoms with Crippen molar-refractivity contribution in [3.8, 4) is 0 Å². The molecule has 2 heterocycles. The van der Waals surface area contributed by atoms with E-state index in [4.69, 9.17) is 14.6 Å². The van der Waals surface area contributed by atoms with Crippen LogP contribution in [0.3, 0.4) is 0 Å². The van der Waals surface area contributed by atoms with Crippen LogP contribution in [0.15, 0.2) is 48.5 Å². The van der Waals surface area contributed by atoms with Crippen molar-refractivity contribution in [1.82, 2.24) is 10.6 Å². The maximum absolute atomic E-state index is 11.5. The number of esters is 1. The van der Waals surface area contributed by atoms with Crippen LogP contribution in [0.5, 0.6) is 0 Å². The highest BCUT2D eigenvalue weighted by Gasteiger charge is 2.40. The van der Waals surface area contributed by atoms with Gasteiger partial charge in [0.1, 0.15) is 6.10 Å². The second kappa shape index (κ2) is 11.5. The van der Waals surface area contributed by atoms with E-state index in [0.717, 1.165) is 16.7 Å². The Morgan fingerprint density at radius 1 is 0.853 bits per heavy atom. The lowest BCUT2D eigenvalue weighted by Gasteiger charge is -2.14. The van der Waals surface area contributed by atoms with E-state index < -0.39 is 30.4 Å². The van der Waals surface area contributed by atoms with E-state index in [1.807, 2.05) is 62.4 Å². The van der Waals surface area contributed by atoms with Crippen molar-refractivity contribution < 1.29 is 33.7 Å². The highest BCUT2D eigenvalue weighted by molar-refractivity contribution is 5.83. The molecular formula is C25H30N2O7. The number of carbonyl (C=O) groups excluding carboxylic acids is 3. The Hall–Kier alpha value is -3.59. The van der Waals surface area contributed by atoms with Crippen molar-refractivity contribution >= 4 is 18.2 Å².